The first-order valence-electron chi connectivity index (χ1n) is 5.65. The Hall–Kier alpha value is -1.50. The smallest absolute Gasteiger partial charge is 0.407 e. The Bertz CT molecular complexity index is 298. The van der Waals surface area contributed by atoms with E-state index in [9.17, 15) is 4.79 Å². The molecule has 1 rings (SSSR count). The van der Waals surface area contributed by atoms with Gasteiger partial charge in [-0.2, -0.15) is 0 Å². The van der Waals surface area contributed by atoms with E-state index in [1.807, 2.05) is 20.8 Å². The van der Waals surface area contributed by atoms with Crippen LogP contribution >= 0.6 is 0 Å². The molecule has 7 heteroatoms. The highest BCUT2D eigenvalue weighted by atomic mass is 16.6. The van der Waals surface area contributed by atoms with Crippen molar-refractivity contribution in [1.29, 1.82) is 0 Å². The molecule has 0 aliphatic carbocycles. The van der Waals surface area contributed by atoms with Crippen molar-refractivity contribution < 1.29 is 9.53 Å². The van der Waals surface area contributed by atoms with Gasteiger partial charge in [0.2, 0.25) is 5.96 Å². The minimum absolute atomic E-state index is 0.205. The standard InChI is InChI=1S/C10H21N5O2/c1-10(2,3)17-9(16)12-5-4-7-6-13-8(14-7)15-11/h7H,4-6,11H2,1-3H3,(H,12,16)(H2,13,14,15). The first-order chi connectivity index (χ1) is 7.90. The van der Waals surface area contributed by atoms with Crippen LogP contribution in [0.15, 0.2) is 4.99 Å². The van der Waals surface area contributed by atoms with E-state index >= 15 is 0 Å². The summed E-state index contributed by atoms with van der Waals surface area (Å²) in [5, 5.41) is 5.78. The molecule has 1 atom stereocenters. The molecule has 17 heavy (non-hydrogen) atoms. The number of hydrogen-bond donors (Lipinski definition) is 4. The summed E-state index contributed by atoms with van der Waals surface area (Å²) in [6.07, 6.45) is 0.377. The second-order valence-corrected chi connectivity index (χ2v) is 4.89. The number of carbonyl (C=O) groups is 1. The number of rotatable bonds is 3. The van der Waals surface area contributed by atoms with Crippen molar-refractivity contribution in [2.24, 2.45) is 10.8 Å². The summed E-state index contributed by atoms with van der Waals surface area (Å²) < 4.78 is 5.11. The molecule has 0 aromatic carbocycles. The molecule has 98 valence electrons. The molecule has 1 unspecified atom stereocenters. The van der Waals surface area contributed by atoms with Gasteiger partial charge in [-0.25, -0.2) is 10.6 Å². The number of aliphatic imine (C=N–C) groups is 1. The molecule has 0 saturated carbocycles. The number of amides is 1. The van der Waals surface area contributed by atoms with Crippen LogP contribution in [0.2, 0.25) is 0 Å². The van der Waals surface area contributed by atoms with Crippen LogP contribution in [0.5, 0.6) is 0 Å². The number of hydrogen-bond acceptors (Lipinski definition) is 6. The van der Waals surface area contributed by atoms with Gasteiger partial charge >= 0.3 is 6.09 Å². The van der Waals surface area contributed by atoms with Crippen molar-refractivity contribution in [2.45, 2.75) is 38.8 Å². The minimum Gasteiger partial charge on any atom is -0.444 e. The van der Waals surface area contributed by atoms with E-state index in [-0.39, 0.29) is 6.04 Å². The monoisotopic (exact) mass is 243 g/mol. The van der Waals surface area contributed by atoms with Crippen LogP contribution in [0, 0.1) is 0 Å². The quantitative estimate of drug-likeness (QED) is 0.402. The highest BCUT2D eigenvalue weighted by molar-refractivity contribution is 5.81. The lowest BCUT2D eigenvalue weighted by molar-refractivity contribution is 0.0526. The van der Waals surface area contributed by atoms with Crippen LogP contribution in [0.25, 0.3) is 0 Å². The van der Waals surface area contributed by atoms with Gasteiger partial charge in [0.15, 0.2) is 0 Å². The average molecular weight is 243 g/mol. The van der Waals surface area contributed by atoms with Gasteiger partial charge in [-0.3, -0.25) is 10.4 Å². The van der Waals surface area contributed by atoms with Gasteiger partial charge < -0.3 is 15.4 Å². The minimum atomic E-state index is -0.463. The summed E-state index contributed by atoms with van der Waals surface area (Å²) in [4.78, 5) is 15.5. The maximum absolute atomic E-state index is 11.3. The topological polar surface area (TPSA) is 101 Å². The van der Waals surface area contributed by atoms with Crippen molar-refractivity contribution in [1.82, 2.24) is 16.1 Å². The maximum Gasteiger partial charge on any atom is 0.407 e. The van der Waals surface area contributed by atoms with E-state index < -0.39 is 11.7 Å². The van der Waals surface area contributed by atoms with Gasteiger partial charge in [-0.1, -0.05) is 0 Å². The molecular formula is C10H21N5O2. The molecule has 0 aromatic rings. The Kier molecular flexibility index (Phi) is 4.56. The SMILES string of the molecule is CC(C)(C)OC(=O)NCCC1CN=C(NN)N1. The average Bonchev–Trinajstić information content (AvgIpc) is 2.63. The van der Waals surface area contributed by atoms with Crippen LogP contribution < -0.4 is 21.9 Å². The molecule has 0 spiro atoms. The van der Waals surface area contributed by atoms with Gasteiger partial charge in [-0.15, -0.1) is 0 Å². The van der Waals surface area contributed by atoms with E-state index in [4.69, 9.17) is 10.6 Å². The molecule has 7 nitrogen and oxygen atoms in total. The summed E-state index contributed by atoms with van der Waals surface area (Å²) in [5.74, 6) is 5.80. The van der Waals surface area contributed by atoms with E-state index in [1.54, 1.807) is 0 Å². The normalized spacial score (nSPS) is 19.3. The second-order valence-electron chi connectivity index (χ2n) is 4.89. The van der Waals surface area contributed by atoms with E-state index in [0.717, 1.165) is 6.42 Å². The van der Waals surface area contributed by atoms with Gasteiger partial charge in [0.05, 0.1) is 12.6 Å². The lowest BCUT2D eigenvalue weighted by atomic mass is 10.2. The molecular weight excluding hydrogens is 222 g/mol. The van der Waals surface area contributed by atoms with Gasteiger partial charge in [0, 0.05) is 6.54 Å². The van der Waals surface area contributed by atoms with Crippen molar-refractivity contribution in [3.8, 4) is 0 Å². The Labute approximate surface area is 101 Å². The number of carbonyl (C=O) groups excluding carboxylic acids is 1. The zero-order chi connectivity index (χ0) is 12.9. The number of nitrogens with one attached hydrogen (secondary N) is 3. The second kappa shape index (κ2) is 5.72. The Morgan fingerprint density at radius 2 is 2.35 bits per heavy atom. The molecule has 0 aromatic heterocycles. The Morgan fingerprint density at radius 1 is 1.65 bits per heavy atom. The van der Waals surface area contributed by atoms with Gasteiger partial charge in [0.1, 0.15) is 5.60 Å². The maximum atomic E-state index is 11.3. The summed E-state index contributed by atoms with van der Waals surface area (Å²) in [5.41, 5.74) is 1.99. The van der Waals surface area contributed by atoms with Crippen molar-refractivity contribution in [2.75, 3.05) is 13.1 Å². The molecule has 1 aliphatic heterocycles. The van der Waals surface area contributed by atoms with Crippen molar-refractivity contribution >= 4 is 12.1 Å². The molecule has 0 bridgehead atoms. The van der Waals surface area contributed by atoms with Gasteiger partial charge in [0.25, 0.3) is 0 Å². The lowest BCUT2D eigenvalue weighted by Crippen LogP contribution is -2.43. The number of nitrogens with zero attached hydrogens (tertiary/aromatic N) is 1. The molecule has 1 aliphatic rings. The zero-order valence-electron chi connectivity index (χ0n) is 10.5. The first-order valence-corrected chi connectivity index (χ1v) is 5.65. The molecule has 5 N–H and O–H groups in total. The van der Waals surface area contributed by atoms with Crippen molar-refractivity contribution in [3.63, 3.8) is 0 Å². The number of alkyl carbamates (subject to hydrolysis) is 1. The fraction of sp³-hybridized carbons (Fsp3) is 0.800. The third-order valence-corrected chi connectivity index (χ3v) is 2.11. The fourth-order valence-electron chi connectivity index (χ4n) is 1.40. The third kappa shape index (κ3) is 5.39. The number of hydrazine groups is 1. The number of nitrogens with two attached hydrogens (primary N) is 1. The van der Waals surface area contributed by atoms with Crippen LogP contribution in [0.4, 0.5) is 4.79 Å². The predicted octanol–water partition coefficient (Wildman–Crippen LogP) is -0.308. The van der Waals surface area contributed by atoms with Gasteiger partial charge in [-0.05, 0) is 27.2 Å². The molecule has 0 fully saturated rings. The highest BCUT2D eigenvalue weighted by Gasteiger charge is 2.18. The molecule has 0 saturated heterocycles. The summed E-state index contributed by atoms with van der Waals surface area (Å²) in [7, 11) is 0. The van der Waals surface area contributed by atoms with Crippen molar-refractivity contribution in [3.05, 3.63) is 0 Å². The van der Waals surface area contributed by atoms with E-state index in [0.29, 0.717) is 19.0 Å². The van der Waals surface area contributed by atoms with Crippen LogP contribution in [0.3, 0.4) is 0 Å². The lowest BCUT2D eigenvalue weighted by Gasteiger charge is -2.20. The third-order valence-electron chi connectivity index (χ3n) is 2.11. The first kappa shape index (κ1) is 13.6. The van der Waals surface area contributed by atoms with Crippen LogP contribution in [-0.2, 0) is 4.74 Å². The Morgan fingerprint density at radius 3 is 2.88 bits per heavy atom. The van der Waals surface area contributed by atoms with E-state index in [2.05, 4.69) is 21.1 Å². The summed E-state index contributed by atoms with van der Waals surface area (Å²) >= 11 is 0. The highest BCUT2D eigenvalue weighted by Crippen LogP contribution is 2.06. The summed E-state index contributed by atoms with van der Waals surface area (Å²) in [6.45, 7) is 6.70. The largest absolute Gasteiger partial charge is 0.444 e. The number of guanidine groups is 1. The summed E-state index contributed by atoms with van der Waals surface area (Å²) in [6, 6.07) is 0.205. The van der Waals surface area contributed by atoms with Crippen LogP contribution in [0.1, 0.15) is 27.2 Å². The Balaban J connectivity index is 2.11. The molecule has 0 radical (unpaired) electrons. The molecule has 1 amide bonds. The zero-order valence-corrected chi connectivity index (χ0v) is 10.5. The predicted molar refractivity (Wildman–Crippen MR) is 65.4 cm³/mol. The van der Waals surface area contributed by atoms with Crippen LogP contribution in [-0.4, -0.2) is 36.8 Å². The molecule has 1 heterocycles. The van der Waals surface area contributed by atoms with E-state index in [1.165, 1.54) is 0 Å². The fourth-order valence-corrected chi connectivity index (χ4v) is 1.40. The number of ether oxygens (including phenoxy) is 1.